The van der Waals surface area contributed by atoms with Gasteiger partial charge < -0.3 is 9.47 Å². The van der Waals surface area contributed by atoms with E-state index in [2.05, 4.69) is 9.88 Å². The molecule has 0 bridgehead atoms. The molecule has 4 heterocycles. The minimum Gasteiger partial charge on any atom is -0.486 e. The van der Waals surface area contributed by atoms with E-state index in [0.717, 1.165) is 30.9 Å². The number of nitrogens with zero attached hydrogens (tertiary/aromatic N) is 3. The van der Waals surface area contributed by atoms with E-state index >= 15 is 0 Å². The average molecular weight is 379 g/mol. The summed E-state index contributed by atoms with van der Waals surface area (Å²) < 4.78 is 11.9. The van der Waals surface area contributed by atoms with Crippen molar-refractivity contribution in [2.75, 3.05) is 26.2 Å². The minimum atomic E-state index is -0.279. The Labute approximate surface area is 162 Å². The Morgan fingerprint density at radius 3 is 2.79 bits per heavy atom. The second kappa shape index (κ2) is 6.91. The maximum Gasteiger partial charge on any atom is 0.280 e. The molecule has 1 saturated heterocycles. The van der Waals surface area contributed by atoms with Crippen molar-refractivity contribution in [3.63, 3.8) is 0 Å². The number of para-hydroxylation sites is 2. The lowest BCUT2D eigenvalue weighted by molar-refractivity contribution is 0.0299. The maximum absolute atomic E-state index is 12.7. The summed E-state index contributed by atoms with van der Waals surface area (Å²) in [6, 6.07) is 10.9. The van der Waals surface area contributed by atoms with Crippen molar-refractivity contribution in [1.82, 2.24) is 14.8 Å². The van der Waals surface area contributed by atoms with E-state index in [0.29, 0.717) is 25.3 Å². The number of carbonyl (C=O) groups excluding carboxylic acids is 2. The summed E-state index contributed by atoms with van der Waals surface area (Å²) >= 11 is 0. The predicted octanol–water partition coefficient (Wildman–Crippen LogP) is 1.98. The van der Waals surface area contributed by atoms with Crippen LogP contribution in [0.25, 0.3) is 0 Å². The Morgan fingerprint density at radius 1 is 1.07 bits per heavy atom. The zero-order valence-corrected chi connectivity index (χ0v) is 15.4. The van der Waals surface area contributed by atoms with E-state index in [1.807, 2.05) is 24.3 Å². The fraction of sp³-hybridized carbons (Fsp3) is 0.381. The molecule has 1 fully saturated rings. The van der Waals surface area contributed by atoms with Crippen LogP contribution in [0.1, 0.15) is 33.7 Å². The number of hydrogen-bond donors (Lipinski definition) is 0. The zero-order valence-electron chi connectivity index (χ0n) is 15.4. The van der Waals surface area contributed by atoms with Crippen LogP contribution in [0.2, 0.25) is 0 Å². The van der Waals surface area contributed by atoms with Crippen molar-refractivity contribution in [3.8, 4) is 11.5 Å². The summed E-state index contributed by atoms with van der Waals surface area (Å²) in [7, 11) is 0. The molecular weight excluding hydrogens is 358 g/mol. The van der Waals surface area contributed by atoms with Gasteiger partial charge >= 0.3 is 0 Å². The van der Waals surface area contributed by atoms with Gasteiger partial charge in [0, 0.05) is 19.3 Å². The zero-order chi connectivity index (χ0) is 19.1. The summed E-state index contributed by atoms with van der Waals surface area (Å²) in [6.07, 6.45) is 3.22. The Hall–Kier alpha value is -2.93. The highest BCUT2D eigenvalue weighted by Crippen LogP contribution is 2.32. The molecule has 2 aromatic rings. The van der Waals surface area contributed by atoms with Gasteiger partial charge in [0.25, 0.3) is 11.8 Å². The fourth-order valence-corrected chi connectivity index (χ4v) is 4.26. The van der Waals surface area contributed by atoms with Gasteiger partial charge in [-0.3, -0.25) is 24.4 Å². The highest BCUT2D eigenvalue weighted by Gasteiger charge is 2.42. The number of amides is 2. The molecule has 2 amide bonds. The van der Waals surface area contributed by atoms with E-state index in [9.17, 15) is 9.59 Å². The van der Waals surface area contributed by atoms with Crippen LogP contribution in [0.4, 0.5) is 0 Å². The number of imide groups is 1. The van der Waals surface area contributed by atoms with E-state index in [1.165, 1.54) is 4.90 Å². The molecule has 0 saturated carbocycles. The number of aromatic nitrogens is 1. The van der Waals surface area contributed by atoms with Gasteiger partial charge in [0.05, 0.1) is 11.6 Å². The second-order valence-corrected chi connectivity index (χ2v) is 7.43. The number of ether oxygens (including phenoxy) is 2. The Bertz CT molecular complexity index is 896. The Balaban J connectivity index is 1.26. The second-order valence-electron chi connectivity index (χ2n) is 7.43. The average Bonchev–Trinajstić information content (AvgIpc) is 2.99. The molecule has 3 aliphatic heterocycles. The van der Waals surface area contributed by atoms with Gasteiger partial charge in [-0.05, 0) is 43.7 Å². The van der Waals surface area contributed by atoms with Gasteiger partial charge in [-0.15, -0.1) is 0 Å². The highest BCUT2D eigenvalue weighted by molar-refractivity contribution is 6.20. The van der Waals surface area contributed by atoms with Crippen molar-refractivity contribution in [1.29, 1.82) is 0 Å². The molecule has 0 N–H and O–H groups in total. The molecule has 7 heteroatoms. The summed E-state index contributed by atoms with van der Waals surface area (Å²) in [5, 5.41) is 0. The lowest BCUT2D eigenvalue weighted by atomic mass is 10.0. The van der Waals surface area contributed by atoms with Gasteiger partial charge in [-0.2, -0.15) is 0 Å². The number of piperidine rings is 1. The van der Waals surface area contributed by atoms with Gasteiger partial charge in [-0.25, -0.2) is 0 Å². The molecule has 2 unspecified atom stereocenters. The summed E-state index contributed by atoms with van der Waals surface area (Å²) in [5.41, 5.74) is 0.676. The van der Waals surface area contributed by atoms with Crippen LogP contribution in [0.3, 0.4) is 0 Å². The predicted molar refractivity (Wildman–Crippen MR) is 101 cm³/mol. The standard InChI is InChI=1S/C21H21N3O4/c25-20-16-6-3-9-22-19(16)21(26)24(20)14-5-4-10-23(11-14)12-15-13-27-17-7-1-2-8-18(17)28-15/h1-3,6-9,14-15H,4-5,10-13H2. The molecule has 2 atom stereocenters. The van der Waals surface area contributed by atoms with Crippen LogP contribution < -0.4 is 9.47 Å². The van der Waals surface area contributed by atoms with Crippen LogP contribution in [0.5, 0.6) is 11.5 Å². The number of fused-ring (bicyclic) bond motifs is 2. The quantitative estimate of drug-likeness (QED) is 0.760. The van der Waals surface area contributed by atoms with Crippen molar-refractivity contribution in [2.24, 2.45) is 0 Å². The van der Waals surface area contributed by atoms with Crippen LogP contribution in [0.15, 0.2) is 42.6 Å². The molecule has 0 radical (unpaired) electrons. The molecule has 1 aromatic heterocycles. The van der Waals surface area contributed by atoms with Gasteiger partial charge in [-0.1, -0.05) is 12.1 Å². The molecule has 7 nitrogen and oxygen atoms in total. The maximum atomic E-state index is 12.7. The molecule has 0 spiro atoms. The largest absolute Gasteiger partial charge is 0.486 e. The first kappa shape index (κ1) is 17.2. The number of pyridine rings is 1. The number of rotatable bonds is 3. The SMILES string of the molecule is O=C1c2cccnc2C(=O)N1C1CCCN(CC2COc3ccccc3O2)C1. The third kappa shape index (κ3) is 2.92. The van der Waals surface area contributed by atoms with E-state index < -0.39 is 0 Å². The molecule has 144 valence electrons. The Kier molecular flexibility index (Phi) is 4.24. The summed E-state index contributed by atoms with van der Waals surface area (Å²) in [4.78, 5) is 33.2. The van der Waals surface area contributed by atoms with Crippen LogP contribution in [-0.2, 0) is 0 Å². The normalized spacial score (nSPS) is 24.4. The minimum absolute atomic E-state index is 0.0718. The monoisotopic (exact) mass is 379 g/mol. The summed E-state index contributed by atoms with van der Waals surface area (Å²) in [6.45, 7) is 2.76. The molecule has 1 aromatic carbocycles. The lowest BCUT2D eigenvalue weighted by Gasteiger charge is -2.38. The molecular formula is C21H21N3O4. The fourth-order valence-electron chi connectivity index (χ4n) is 4.26. The molecule has 0 aliphatic carbocycles. The molecule has 3 aliphatic rings. The van der Waals surface area contributed by atoms with Crippen molar-refractivity contribution >= 4 is 11.8 Å². The van der Waals surface area contributed by atoms with Crippen LogP contribution in [-0.4, -0.2) is 65.0 Å². The topological polar surface area (TPSA) is 72.0 Å². The van der Waals surface area contributed by atoms with E-state index in [1.54, 1.807) is 18.3 Å². The van der Waals surface area contributed by atoms with Crippen molar-refractivity contribution < 1.29 is 19.1 Å². The first-order valence-corrected chi connectivity index (χ1v) is 9.64. The van der Waals surface area contributed by atoms with Gasteiger partial charge in [0.1, 0.15) is 18.4 Å². The number of carbonyl (C=O) groups is 2. The first-order chi connectivity index (χ1) is 13.7. The van der Waals surface area contributed by atoms with Gasteiger partial charge in [0.2, 0.25) is 0 Å². The molecule has 28 heavy (non-hydrogen) atoms. The van der Waals surface area contributed by atoms with E-state index in [-0.39, 0.29) is 29.7 Å². The van der Waals surface area contributed by atoms with Crippen molar-refractivity contribution in [3.05, 3.63) is 53.9 Å². The van der Waals surface area contributed by atoms with Crippen LogP contribution >= 0.6 is 0 Å². The molecule has 5 rings (SSSR count). The first-order valence-electron chi connectivity index (χ1n) is 9.64. The third-order valence-electron chi connectivity index (χ3n) is 5.55. The summed E-state index contributed by atoms with van der Waals surface area (Å²) in [5.74, 6) is 1.03. The number of benzene rings is 1. The smallest absolute Gasteiger partial charge is 0.280 e. The van der Waals surface area contributed by atoms with Crippen LogP contribution in [0, 0.1) is 0 Å². The number of likely N-dealkylation sites (tertiary alicyclic amines) is 1. The van der Waals surface area contributed by atoms with Gasteiger partial charge in [0.15, 0.2) is 11.5 Å². The Morgan fingerprint density at radius 2 is 1.93 bits per heavy atom. The third-order valence-corrected chi connectivity index (χ3v) is 5.55. The number of hydrogen-bond acceptors (Lipinski definition) is 6. The lowest BCUT2D eigenvalue weighted by Crippen LogP contribution is -2.52. The van der Waals surface area contributed by atoms with E-state index in [4.69, 9.17) is 9.47 Å². The van der Waals surface area contributed by atoms with Crippen molar-refractivity contribution in [2.45, 2.75) is 25.0 Å². The highest BCUT2D eigenvalue weighted by atomic mass is 16.6.